The Labute approximate surface area is 169 Å². The highest BCUT2D eigenvalue weighted by atomic mass is 35.5. The minimum absolute atomic E-state index is 0.0234. The van der Waals surface area contributed by atoms with Crippen molar-refractivity contribution in [3.8, 4) is 0 Å². The topological polar surface area (TPSA) is 61.4 Å². The molecule has 1 atom stereocenters. The van der Waals surface area contributed by atoms with Crippen LogP contribution in [0.3, 0.4) is 0 Å². The molecule has 1 heterocycles. The molecule has 1 fully saturated rings. The van der Waals surface area contributed by atoms with Gasteiger partial charge in [0.2, 0.25) is 11.8 Å². The molecule has 0 unspecified atom stereocenters. The van der Waals surface area contributed by atoms with Gasteiger partial charge in [-0.05, 0) is 18.1 Å². The molecule has 2 N–H and O–H groups in total. The van der Waals surface area contributed by atoms with Gasteiger partial charge in [0.05, 0.1) is 0 Å². The van der Waals surface area contributed by atoms with Crippen LogP contribution in [0.2, 0.25) is 5.02 Å². The second-order valence-corrected chi connectivity index (χ2v) is 8.46. The van der Waals surface area contributed by atoms with E-state index in [1.165, 1.54) is 17.8 Å². The number of rotatable bonds is 8. The third-order valence-electron chi connectivity index (χ3n) is 4.30. The number of benzene rings is 1. The number of piperazine rings is 1. The highest BCUT2D eigenvalue weighted by molar-refractivity contribution is 7.98. The van der Waals surface area contributed by atoms with E-state index in [1.54, 1.807) is 17.0 Å². The Balaban J connectivity index is 1.77. The molecule has 27 heavy (non-hydrogen) atoms. The molecule has 0 aromatic heterocycles. The Morgan fingerprint density at radius 1 is 1.44 bits per heavy atom. The van der Waals surface area contributed by atoms with Crippen molar-refractivity contribution in [1.29, 1.82) is 0 Å². The highest BCUT2D eigenvalue weighted by Gasteiger charge is 2.31. The molecule has 0 spiro atoms. The molecule has 5 nitrogen and oxygen atoms in total. The van der Waals surface area contributed by atoms with E-state index < -0.39 is 6.04 Å². The van der Waals surface area contributed by atoms with Crippen molar-refractivity contribution in [3.05, 3.63) is 34.6 Å². The lowest BCUT2D eigenvalue weighted by molar-refractivity contribution is -0.142. The fourth-order valence-corrected chi connectivity index (χ4v) is 4.11. The summed E-state index contributed by atoms with van der Waals surface area (Å²) in [6.45, 7) is 6.16. The Bertz CT molecular complexity index is 640. The van der Waals surface area contributed by atoms with Crippen molar-refractivity contribution in [1.82, 2.24) is 15.5 Å². The summed E-state index contributed by atoms with van der Waals surface area (Å²) in [6, 6.07) is 4.16. The highest BCUT2D eigenvalue weighted by Crippen LogP contribution is 2.23. The van der Waals surface area contributed by atoms with Gasteiger partial charge in [-0.1, -0.05) is 31.5 Å². The lowest BCUT2D eigenvalue weighted by Crippen LogP contribution is -2.59. The number of hydrogen-bond acceptors (Lipinski definition) is 4. The van der Waals surface area contributed by atoms with Crippen molar-refractivity contribution in [2.45, 2.75) is 32.1 Å². The maximum atomic E-state index is 13.7. The molecule has 1 aliphatic heterocycles. The molecular weight excluding hydrogens is 389 g/mol. The molecule has 0 aliphatic carbocycles. The van der Waals surface area contributed by atoms with Crippen LogP contribution in [0.4, 0.5) is 4.39 Å². The van der Waals surface area contributed by atoms with Gasteiger partial charge in [0.1, 0.15) is 11.9 Å². The standard InChI is InChI=1S/C19H27ClFN3O2S/c1-13(2)10-18(25)24-8-6-22-11-17(24)19(26)23-7-9-27-12-14-15(20)4-3-5-16(14)21/h3-5,13,17,22H,6-12H2,1-2H3,(H,23,26)/t17-/m1/s1. The minimum Gasteiger partial charge on any atom is -0.353 e. The fraction of sp³-hybridized carbons (Fsp3) is 0.579. The summed E-state index contributed by atoms with van der Waals surface area (Å²) in [7, 11) is 0. The molecule has 1 saturated heterocycles. The Hall–Kier alpha value is -1.31. The maximum Gasteiger partial charge on any atom is 0.244 e. The second-order valence-electron chi connectivity index (χ2n) is 6.95. The average Bonchev–Trinajstić information content (AvgIpc) is 2.62. The Morgan fingerprint density at radius 2 is 2.22 bits per heavy atom. The van der Waals surface area contributed by atoms with Crippen LogP contribution in [0.25, 0.3) is 0 Å². The van der Waals surface area contributed by atoms with Crippen LogP contribution in [0.5, 0.6) is 0 Å². The van der Waals surface area contributed by atoms with Crippen molar-refractivity contribution < 1.29 is 14.0 Å². The van der Waals surface area contributed by atoms with E-state index in [-0.39, 0.29) is 23.5 Å². The first-order valence-electron chi connectivity index (χ1n) is 9.18. The number of carbonyl (C=O) groups is 2. The molecule has 0 saturated carbocycles. The summed E-state index contributed by atoms with van der Waals surface area (Å²) in [5.74, 6) is 0.908. The smallest absolute Gasteiger partial charge is 0.244 e. The average molecular weight is 416 g/mol. The van der Waals surface area contributed by atoms with E-state index >= 15 is 0 Å². The lowest BCUT2D eigenvalue weighted by Gasteiger charge is -2.35. The van der Waals surface area contributed by atoms with Crippen LogP contribution >= 0.6 is 23.4 Å². The van der Waals surface area contributed by atoms with Gasteiger partial charge in [-0.15, -0.1) is 0 Å². The number of nitrogens with zero attached hydrogens (tertiary/aromatic N) is 1. The SMILES string of the molecule is CC(C)CC(=O)N1CCNC[C@@H]1C(=O)NCCSCc1c(F)cccc1Cl. The Morgan fingerprint density at radius 3 is 2.93 bits per heavy atom. The van der Waals surface area contributed by atoms with Gasteiger partial charge in [0.25, 0.3) is 0 Å². The van der Waals surface area contributed by atoms with Crippen LogP contribution in [0, 0.1) is 11.7 Å². The van der Waals surface area contributed by atoms with Crippen LogP contribution in [-0.4, -0.2) is 54.7 Å². The second kappa shape index (κ2) is 10.9. The van der Waals surface area contributed by atoms with Gasteiger partial charge in [-0.2, -0.15) is 11.8 Å². The first-order valence-corrected chi connectivity index (χ1v) is 10.7. The maximum absolute atomic E-state index is 13.7. The summed E-state index contributed by atoms with van der Waals surface area (Å²) in [4.78, 5) is 26.6. The van der Waals surface area contributed by atoms with E-state index in [1.807, 2.05) is 13.8 Å². The molecule has 2 amide bonds. The third kappa shape index (κ3) is 6.66. The largest absolute Gasteiger partial charge is 0.353 e. The predicted octanol–water partition coefficient (Wildman–Crippen LogP) is 2.68. The first-order chi connectivity index (χ1) is 12.9. The van der Waals surface area contributed by atoms with Crippen molar-refractivity contribution in [2.24, 2.45) is 5.92 Å². The third-order valence-corrected chi connectivity index (χ3v) is 5.64. The zero-order valence-electron chi connectivity index (χ0n) is 15.8. The molecule has 2 rings (SSSR count). The van der Waals surface area contributed by atoms with E-state index in [0.29, 0.717) is 54.7 Å². The number of thioether (sulfide) groups is 1. The molecule has 1 aromatic rings. The normalized spacial score (nSPS) is 17.2. The van der Waals surface area contributed by atoms with Crippen molar-refractivity contribution >= 4 is 35.2 Å². The van der Waals surface area contributed by atoms with Crippen LogP contribution in [0.1, 0.15) is 25.8 Å². The Kier molecular flexibility index (Phi) is 8.86. The minimum atomic E-state index is -0.476. The summed E-state index contributed by atoms with van der Waals surface area (Å²) in [6.07, 6.45) is 0.447. The van der Waals surface area contributed by atoms with E-state index in [0.717, 1.165) is 0 Å². The van der Waals surface area contributed by atoms with E-state index in [9.17, 15) is 14.0 Å². The molecule has 1 aromatic carbocycles. The molecule has 150 valence electrons. The zero-order valence-corrected chi connectivity index (χ0v) is 17.3. The molecule has 0 radical (unpaired) electrons. The number of nitrogens with one attached hydrogen (secondary N) is 2. The fourth-order valence-electron chi connectivity index (χ4n) is 2.91. The molecule has 0 bridgehead atoms. The number of carbonyl (C=O) groups excluding carboxylic acids is 2. The quantitative estimate of drug-likeness (QED) is 0.641. The van der Waals surface area contributed by atoms with Gasteiger partial charge in [-0.25, -0.2) is 4.39 Å². The molecule has 1 aliphatic rings. The van der Waals surface area contributed by atoms with Gasteiger partial charge < -0.3 is 15.5 Å². The predicted molar refractivity (Wildman–Crippen MR) is 108 cm³/mol. The van der Waals surface area contributed by atoms with Gasteiger partial charge in [0.15, 0.2) is 0 Å². The van der Waals surface area contributed by atoms with Crippen molar-refractivity contribution in [2.75, 3.05) is 31.9 Å². The van der Waals surface area contributed by atoms with Crippen LogP contribution in [-0.2, 0) is 15.3 Å². The number of halogens is 2. The summed E-state index contributed by atoms with van der Waals surface area (Å²) < 4.78 is 13.7. The molecule has 8 heteroatoms. The van der Waals surface area contributed by atoms with Gasteiger partial charge >= 0.3 is 0 Å². The summed E-state index contributed by atoms with van der Waals surface area (Å²) in [5.41, 5.74) is 0.484. The van der Waals surface area contributed by atoms with E-state index in [4.69, 9.17) is 11.6 Å². The zero-order chi connectivity index (χ0) is 19.8. The lowest BCUT2D eigenvalue weighted by atomic mass is 10.1. The van der Waals surface area contributed by atoms with Crippen LogP contribution < -0.4 is 10.6 Å². The van der Waals surface area contributed by atoms with Crippen LogP contribution in [0.15, 0.2) is 18.2 Å². The van der Waals surface area contributed by atoms with Crippen molar-refractivity contribution in [3.63, 3.8) is 0 Å². The van der Waals surface area contributed by atoms with E-state index in [2.05, 4.69) is 10.6 Å². The number of hydrogen-bond donors (Lipinski definition) is 2. The van der Waals surface area contributed by atoms with Gasteiger partial charge in [-0.3, -0.25) is 9.59 Å². The summed E-state index contributed by atoms with van der Waals surface area (Å²) >= 11 is 7.51. The van der Waals surface area contributed by atoms with Gasteiger partial charge in [0, 0.05) is 54.7 Å². The number of amides is 2. The monoisotopic (exact) mass is 415 g/mol. The summed E-state index contributed by atoms with van der Waals surface area (Å²) in [5, 5.41) is 6.47. The molecular formula is C19H27ClFN3O2S. The first kappa shape index (κ1) is 22.0.